The summed E-state index contributed by atoms with van der Waals surface area (Å²) in [4.78, 5) is 4.05. The van der Waals surface area contributed by atoms with Gasteiger partial charge >= 0.3 is 0 Å². The molecule has 0 amide bonds. The van der Waals surface area contributed by atoms with E-state index >= 15 is 0 Å². The van der Waals surface area contributed by atoms with Crippen LogP contribution in [0.5, 0.6) is 0 Å². The molecule has 0 aliphatic carbocycles. The summed E-state index contributed by atoms with van der Waals surface area (Å²) in [6, 6.07) is 14.0. The van der Waals surface area contributed by atoms with Gasteiger partial charge in [-0.1, -0.05) is 23.7 Å². The molecule has 0 bridgehead atoms. The van der Waals surface area contributed by atoms with E-state index < -0.39 is 0 Å². The topological polar surface area (TPSA) is 29.9 Å². The summed E-state index contributed by atoms with van der Waals surface area (Å²) in [5.74, 6) is 0. The molecule has 0 spiro atoms. The third-order valence-corrected chi connectivity index (χ3v) is 4.08. The van der Waals surface area contributed by atoms with Crippen LogP contribution in [-0.2, 0) is 6.54 Å². The minimum absolute atomic E-state index is 0.719. The molecule has 0 aliphatic heterocycles. The van der Waals surface area contributed by atoms with Crippen LogP contribution in [0.25, 0.3) is 5.69 Å². The molecule has 2 aromatic carbocycles. The summed E-state index contributed by atoms with van der Waals surface area (Å²) >= 11 is 9.52. The average Bonchev–Trinajstić information content (AvgIpc) is 3.03. The molecule has 0 atom stereocenters. The van der Waals surface area contributed by atoms with Gasteiger partial charge in [-0.05, 0) is 51.8 Å². The first-order valence-corrected chi connectivity index (χ1v) is 7.66. The summed E-state index contributed by atoms with van der Waals surface area (Å²) in [7, 11) is 0. The summed E-state index contributed by atoms with van der Waals surface area (Å²) in [6.45, 7) is 0.739. The maximum Gasteiger partial charge on any atom is 0.0991 e. The second-order valence-corrected chi connectivity index (χ2v) is 5.90. The molecule has 3 rings (SSSR count). The molecule has 1 heterocycles. The number of nitrogens with one attached hydrogen (secondary N) is 1. The second-order valence-electron chi connectivity index (χ2n) is 4.61. The van der Waals surface area contributed by atoms with E-state index in [9.17, 15) is 0 Å². The molecule has 1 aromatic heterocycles. The number of aromatic nitrogens is 2. The average molecular weight is 363 g/mol. The fraction of sp³-hybridized carbons (Fsp3) is 0.0625. The lowest BCUT2D eigenvalue weighted by Crippen LogP contribution is -2.00. The van der Waals surface area contributed by atoms with Gasteiger partial charge < -0.3 is 9.88 Å². The van der Waals surface area contributed by atoms with E-state index in [0.29, 0.717) is 0 Å². The van der Waals surface area contributed by atoms with E-state index in [0.717, 1.165) is 27.4 Å². The van der Waals surface area contributed by atoms with Gasteiger partial charge in [0.25, 0.3) is 0 Å². The van der Waals surface area contributed by atoms with Gasteiger partial charge in [0.1, 0.15) is 0 Å². The normalized spacial score (nSPS) is 10.6. The van der Waals surface area contributed by atoms with E-state index in [4.69, 9.17) is 11.6 Å². The quantitative estimate of drug-likeness (QED) is 0.715. The lowest BCUT2D eigenvalue weighted by molar-refractivity contribution is 1.05. The van der Waals surface area contributed by atoms with E-state index in [1.165, 1.54) is 5.56 Å². The fourth-order valence-corrected chi connectivity index (χ4v) is 2.59. The van der Waals surface area contributed by atoms with Crippen LogP contribution in [0.4, 0.5) is 5.69 Å². The minimum atomic E-state index is 0.719. The second kappa shape index (κ2) is 6.33. The zero-order valence-electron chi connectivity index (χ0n) is 11.1. The highest BCUT2D eigenvalue weighted by molar-refractivity contribution is 9.10. The molecule has 3 nitrogen and oxygen atoms in total. The van der Waals surface area contributed by atoms with Crippen LogP contribution in [0.2, 0.25) is 5.02 Å². The fourth-order valence-electron chi connectivity index (χ4n) is 2.03. The van der Waals surface area contributed by atoms with Gasteiger partial charge in [-0.2, -0.15) is 0 Å². The minimum Gasteiger partial charge on any atom is -0.380 e. The number of hydrogen-bond acceptors (Lipinski definition) is 2. The molecular weight excluding hydrogens is 350 g/mol. The first kappa shape index (κ1) is 14.2. The van der Waals surface area contributed by atoms with Gasteiger partial charge in [0.2, 0.25) is 0 Å². The largest absolute Gasteiger partial charge is 0.380 e. The molecule has 0 fully saturated rings. The van der Waals surface area contributed by atoms with Crippen molar-refractivity contribution in [2.75, 3.05) is 5.32 Å². The van der Waals surface area contributed by atoms with E-state index in [1.54, 1.807) is 12.5 Å². The zero-order chi connectivity index (χ0) is 14.7. The standard InChI is InChI=1S/C16H13BrClN3/c17-15-6-3-13(18)9-16(15)20-10-12-1-4-14(5-2-12)21-8-7-19-11-21/h1-9,11,20H,10H2. The maximum absolute atomic E-state index is 6.01. The maximum atomic E-state index is 6.01. The summed E-state index contributed by atoms with van der Waals surface area (Å²) in [5.41, 5.74) is 3.28. The predicted molar refractivity (Wildman–Crippen MR) is 90.0 cm³/mol. The molecule has 0 saturated carbocycles. The van der Waals surface area contributed by atoms with Crippen LogP contribution in [-0.4, -0.2) is 9.55 Å². The van der Waals surface area contributed by atoms with Crippen molar-refractivity contribution in [1.29, 1.82) is 0 Å². The monoisotopic (exact) mass is 361 g/mol. The summed E-state index contributed by atoms with van der Waals surface area (Å²) < 4.78 is 2.98. The van der Waals surface area contributed by atoms with Crippen LogP contribution in [0.15, 0.2) is 65.7 Å². The number of hydrogen-bond donors (Lipinski definition) is 1. The Bertz CT molecular complexity index is 724. The highest BCUT2D eigenvalue weighted by Crippen LogP contribution is 2.26. The van der Waals surface area contributed by atoms with Crippen molar-refractivity contribution in [1.82, 2.24) is 9.55 Å². The van der Waals surface area contributed by atoms with Gasteiger partial charge in [-0.15, -0.1) is 0 Å². The van der Waals surface area contributed by atoms with Crippen molar-refractivity contribution in [2.45, 2.75) is 6.54 Å². The van der Waals surface area contributed by atoms with Gasteiger partial charge in [0.15, 0.2) is 0 Å². The third-order valence-electron chi connectivity index (χ3n) is 3.15. The molecule has 0 saturated heterocycles. The van der Waals surface area contributed by atoms with Gasteiger partial charge in [0.05, 0.1) is 12.0 Å². The smallest absolute Gasteiger partial charge is 0.0991 e. The van der Waals surface area contributed by atoms with E-state index in [2.05, 4.69) is 50.5 Å². The van der Waals surface area contributed by atoms with Crippen LogP contribution in [0.3, 0.4) is 0 Å². The molecule has 0 unspecified atom stereocenters. The lowest BCUT2D eigenvalue weighted by Gasteiger charge is -2.10. The Morgan fingerprint density at radius 1 is 1.14 bits per heavy atom. The van der Waals surface area contributed by atoms with Crippen LogP contribution < -0.4 is 5.32 Å². The van der Waals surface area contributed by atoms with Crippen molar-refractivity contribution in [3.63, 3.8) is 0 Å². The SMILES string of the molecule is Clc1ccc(Br)c(NCc2ccc(-n3ccnc3)cc2)c1. The van der Waals surface area contributed by atoms with Gasteiger partial charge in [-0.3, -0.25) is 0 Å². The lowest BCUT2D eigenvalue weighted by atomic mass is 10.2. The highest BCUT2D eigenvalue weighted by atomic mass is 79.9. The van der Waals surface area contributed by atoms with Gasteiger partial charge in [0, 0.05) is 34.1 Å². The first-order chi connectivity index (χ1) is 10.2. The Kier molecular flexibility index (Phi) is 4.27. The predicted octanol–water partition coefficient (Wildman–Crippen LogP) is 4.90. The number of halogens is 2. The molecule has 1 N–H and O–H groups in total. The van der Waals surface area contributed by atoms with Crippen molar-refractivity contribution < 1.29 is 0 Å². The van der Waals surface area contributed by atoms with Crippen LogP contribution in [0, 0.1) is 0 Å². The number of imidazole rings is 1. The summed E-state index contributed by atoms with van der Waals surface area (Å²) in [5, 5.41) is 4.09. The van der Waals surface area contributed by atoms with Gasteiger partial charge in [-0.25, -0.2) is 4.98 Å². The third kappa shape index (κ3) is 3.46. The van der Waals surface area contributed by atoms with Crippen LogP contribution in [0.1, 0.15) is 5.56 Å². The van der Waals surface area contributed by atoms with Crippen molar-refractivity contribution in [3.05, 3.63) is 76.2 Å². The Morgan fingerprint density at radius 3 is 2.67 bits per heavy atom. The molecule has 5 heteroatoms. The van der Waals surface area contributed by atoms with Crippen LogP contribution >= 0.6 is 27.5 Å². The number of rotatable bonds is 4. The molecule has 106 valence electrons. The first-order valence-electron chi connectivity index (χ1n) is 6.48. The Labute approximate surface area is 136 Å². The van der Waals surface area contributed by atoms with E-state index in [1.807, 2.05) is 29.0 Å². The Balaban J connectivity index is 1.70. The van der Waals surface area contributed by atoms with Crippen molar-refractivity contribution >= 4 is 33.2 Å². The van der Waals surface area contributed by atoms with E-state index in [-0.39, 0.29) is 0 Å². The number of benzene rings is 2. The molecule has 0 radical (unpaired) electrons. The summed E-state index contributed by atoms with van der Waals surface area (Å²) in [6.07, 6.45) is 5.48. The Hall–Kier alpha value is -1.78. The van der Waals surface area contributed by atoms with Crippen molar-refractivity contribution in [2.24, 2.45) is 0 Å². The molecular formula is C16H13BrClN3. The molecule has 3 aromatic rings. The Morgan fingerprint density at radius 2 is 1.95 bits per heavy atom. The molecule has 0 aliphatic rings. The number of anilines is 1. The number of nitrogens with zero attached hydrogens (tertiary/aromatic N) is 2. The van der Waals surface area contributed by atoms with Crippen molar-refractivity contribution in [3.8, 4) is 5.69 Å². The highest BCUT2D eigenvalue weighted by Gasteiger charge is 2.01. The zero-order valence-corrected chi connectivity index (χ0v) is 13.5. The molecule has 21 heavy (non-hydrogen) atoms.